The van der Waals surface area contributed by atoms with Crippen LogP contribution >= 0.6 is 0 Å². The van der Waals surface area contributed by atoms with E-state index in [1.165, 1.54) is 0 Å². The molecule has 2 heterocycles. The van der Waals surface area contributed by atoms with Crippen LogP contribution in [0.5, 0.6) is 0 Å². The third kappa shape index (κ3) is 4.29. The van der Waals surface area contributed by atoms with Crippen LogP contribution in [0.15, 0.2) is 36.5 Å². The lowest BCUT2D eigenvalue weighted by molar-refractivity contribution is -0.124. The Morgan fingerprint density at radius 3 is 2.92 bits per heavy atom. The highest BCUT2D eigenvalue weighted by Gasteiger charge is 2.16. The normalized spacial score (nSPS) is 16.9. The van der Waals surface area contributed by atoms with Crippen LogP contribution in [0, 0.1) is 5.92 Å². The summed E-state index contributed by atoms with van der Waals surface area (Å²) in [5.74, 6) is 0.253. The van der Waals surface area contributed by atoms with E-state index in [-0.39, 0.29) is 18.4 Å². The number of nitrogens with one attached hydrogen (secondary N) is 3. The fourth-order valence-corrected chi connectivity index (χ4v) is 2.96. The van der Waals surface area contributed by atoms with Crippen molar-refractivity contribution in [1.82, 2.24) is 15.6 Å². The van der Waals surface area contributed by atoms with Gasteiger partial charge in [-0.2, -0.15) is 0 Å². The number of pyridine rings is 1. The molecule has 3 rings (SSSR count). The molecule has 0 bridgehead atoms. The number of hydrogen-bond donors (Lipinski definition) is 3. The Labute approximate surface area is 141 Å². The van der Waals surface area contributed by atoms with E-state index in [0.29, 0.717) is 18.0 Å². The van der Waals surface area contributed by atoms with Gasteiger partial charge >= 0.3 is 0 Å². The lowest BCUT2D eigenvalue weighted by Gasteiger charge is -2.10. The molecule has 1 aromatic carbocycles. The largest absolute Gasteiger partial charge is 0.347 e. The van der Waals surface area contributed by atoms with E-state index in [4.69, 9.17) is 0 Å². The lowest BCUT2D eigenvalue weighted by Crippen LogP contribution is -2.33. The zero-order valence-corrected chi connectivity index (χ0v) is 13.5. The molecule has 1 fully saturated rings. The quantitative estimate of drug-likeness (QED) is 0.754. The van der Waals surface area contributed by atoms with Crippen LogP contribution in [0.4, 0.5) is 5.69 Å². The molecule has 1 aliphatic rings. The second-order valence-corrected chi connectivity index (χ2v) is 6.10. The zero-order valence-electron chi connectivity index (χ0n) is 13.5. The number of nitrogens with zero attached hydrogens (tertiary/aromatic N) is 1. The molecular formula is C18H22N4O2. The minimum Gasteiger partial charge on any atom is -0.347 e. The van der Waals surface area contributed by atoms with Gasteiger partial charge in [-0.25, -0.2) is 0 Å². The zero-order chi connectivity index (χ0) is 16.8. The maximum atomic E-state index is 12.1. The number of aromatic nitrogens is 1. The van der Waals surface area contributed by atoms with E-state index in [1.54, 1.807) is 6.20 Å². The first-order chi connectivity index (χ1) is 11.7. The lowest BCUT2D eigenvalue weighted by atomic mass is 10.0. The van der Waals surface area contributed by atoms with Crippen molar-refractivity contribution in [2.24, 2.45) is 5.92 Å². The van der Waals surface area contributed by atoms with Gasteiger partial charge in [-0.05, 0) is 44.0 Å². The summed E-state index contributed by atoms with van der Waals surface area (Å²) < 4.78 is 0. The van der Waals surface area contributed by atoms with Crippen LogP contribution in [0.2, 0.25) is 0 Å². The molecule has 1 aromatic heterocycles. The summed E-state index contributed by atoms with van der Waals surface area (Å²) >= 11 is 0. The highest BCUT2D eigenvalue weighted by atomic mass is 16.2. The Kier molecular flexibility index (Phi) is 5.38. The summed E-state index contributed by atoms with van der Waals surface area (Å²) in [5, 5.41) is 9.74. The van der Waals surface area contributed by atoms with Gasteiger partial charge in [-0.1, -0.05) is 18.2 Å². The van der Waals surface area contributed by atoms with Crippen LogP contribution in [-0.2, 0) is 9.59 Å². The topological polar surface area (TPSA) is 83.1 Å². The average molecular weight is 326 g/mol. The van der Waals surface area contributed by atoms with E-state index < -0.39 is 0 Å². The number of anilines is 1. The Morgan fingerprint density at radius 1 is 1.21 bits per heavy atom. The van der Waals surface area contributed by atoms with Gasteiger partial charge in [0.1, 0.15) is 0 Å². The Hall–Kier alpha value is -2.47. The minimum atomic E-state index is -0.246. The monoisotopic (exact) mass is 326 g/mol. The highest BCUT2D eigenvalue weighted by Crippen LogP contribution is 2.20. The molecule has 1 aliphatic heterocycles. The van der Waals surface area contributed by atoms with Gasteiger partial charge in [0.15, 0.2) is 0 Å². The van der Waals surface area contributed by atoms with Crippen molar-refractivity contribution in [2.45, 2.75) is 19.3 Å². The first-order valence-electron chi connectivity index (χ1n) is 8.33. The molecular weight excluding hydrogens is 304 g/mol. The standard InChI is InChI=1S/C18H22N4O2/c23-16(7-6-13-8-10-19-11-13)21-12-17(24)22-15-5-1-3-14-4-2-9-20-18(14)15/h1-5,9,13,19H,6-8,10-12H2,(H,21,23)(H,22,24). The maximum Gasteiger partial charge on any atom is 0.243 e. The molecule has 2 amide bonds. The smallest absolute Gasteiger partial charge is 0.243 e. The van der Waals surface area contributed by atoms with Gasteiger partial charge in [0.05, 0.1) is 17.7 Å². The molecule has 6 heteroatoms. The first-order valence-corrected chi connectivity index (χ1v) is 8.33. The van der Waals surface area contributed by atoms with E-state index >= 15 is 0 Å². The Morgan fingerprint density at radius 2 is 2.08 bits per heavy atom. The van der Waals surface area contributed by atoms with Gasteiger partial charge in [0.2, 0.25) is 11.8 Å². The molecule has 24 heavy (non-hydrogen) atoms. The van der Waals surface area contributed by atoms with Crippen molar-refractivity contribution >= 4 is 28.4 Å². The number of rotatable bonds is 6. The van der Waals surface area contributed by atoms with Gasteiger partial charge < -0.3 is 16.0 Å². The summed E-state index contributed by atoms with van der Waals surface area (Å²) in [6.45, 7) is 2.00. The predicted octanol–water partition coefficient (Wildman–Crippen LogP) is 1.68. The van der Waals surface area contributed by atoms with E-state index in [1.807, 2.05) is 30.3 Å². The molecule has 1 saturated heterocycles. The van der Waals surface area contributed by atoms with Crippen molar-refractivity contribution in [2.75, 3.05) is 25.0 Å². The summed E-state index contributed by atoms with van der Waals surface area (Å²) in [7, 11) is 0. The van der Waals surface area contributed by atoms with Gasteiger partial charge in [0.25, 0.3) is 0 Å². The summed E-state index contributed by atoms with van der Waals surface area (Å²) in [6, 6.07) is 9.42. The number of carbonyl (C=O) groups is 2. The Bertz CT molecular complexity index is 721. The number of hydrogen-bond acceptors (Lipinski definition) is 4. The summed E-state index contributed by atoms with van der Waals surface area (Å²) in [4.78, 5) is 28.2. The second kappa shape index (κ2) is 7.88. The average Bonchev–Trinajstić information content (AvgIpc) is 3.12. The van der Waals surface area contributed by atoms with Gasteiger partial charge in [-0.15, -0.1) is 0 Å². The molecule has 3 N–H and O–H groups in total. The van der Waals surface area contributed by atoms with Crippen molar-refractivity contribution in [1.29, 1.82) is 0 Å². The summed E-state index contributed by atoms with van der Waals surface area (Å²) in [6.07, 6.45) is 4.16. The molecule has 0 aliphatic carbocycles. The van der Waals surface area contributed by atoms with E-state index in [9.17, 15) is 9.59 Å². The van der Waals surface area contributed by atoms with Crippen molar-refractivity contribution in [3.8, 4) is 0 Å². The number of fused-ring (bicyclic) bond motifs is 1. The number of benzene rings is 1. The minimum absolute atomic E-state index is 0.0228. The van der Waals surface area contributed by atoms with E-state index in [0.717, 1.165) is 36.8 Å². The van der Waals surface area contributed by atoms with Crippen molar-refractivity contribution in [3.63, 3.8) is 0 Å². The molecule has 2 aromatic rings. The second-order valence-electron chi connectivity index (χ2n) is 6.10. The van der Waals surface area contributed by atoms with E-state index in [2.05, 4.69) is 20.9 Å². The molecule has 0 saturated carbocycles. The molecule has 6 nitrogen and oxygen atoms in total. The van der Waals surface area contributed by atoms with Gasteiger partial charge in [0, 0.05) is 18.0 Å². The maximum absolute atomic E-state index is 12.1. The molecule has 0 spiro atoms. The highest BCUT2D eigenvalue weighted by molar-refractivity contribution is 6.01. The number of para-hydroxylation sites is 1. The van der Waals surface area contributed by atoms with Crippen molar-refractivity contribution < 1.29 is 9.59 Å². The predicted molar refractivity (Wildman–Crippen MR) is 93.6 cm³/mol. The van der Waals surface area contributed by atoms with Gasteiger partial charge in [-0.3, -0.25) is 14.6 Å². The third-order valence-electron chi connectivity index (χ3n) is 4.29. The van der Waals surface area contributed by atoms with Crippen molar-refractivity contribution in [3.05, 3.63) is 36.5 Å². The van der Waals surface area contributed by atoms with Crippen LogP contribution in [0.1, 0.15) is 19.3 Å². The summed E-state index contributed by atoms with van der Waals surface area (Å²) in [5.41, 5.74) is 1.40. The number of amides is 2. The number of carbonyl (C=O) groups excluding carboxylic acids is 2. The molecule has 1 unspecified atom stereocenters. The van der Waals surface area contributed by atoms with Crippen LogP contribution in [0.3, 0.4) is 0 Å². The van der Waals surface area contributed by atoms with Crippen LogP contribution in [0.25, 0.3) is 10.9 Å². The SMILES string of the molecule is O=C(CCC1CCNC1)NCC(=O)Nc1cccc2cccnc12. The fraction of sp³-hybridized carbons (Fsp3) is 0.389. The third-order valence-corrected chi connectivity index (χ3v) is 4.29. The fourth-order valence-electron chi connectivity index (χ4n) is 2.96. The van der Waals surface area contributed by atoms with Crippen LogP contribution in [-0.4, -0.2) is 36.4 Å². The molecule has 126 valence electrons. The van der Waals surface area contributed by atoms with Crippen LogP contribution < -0.4 is 16.0 Å². The Balaban J connectivity index is 1.47. The first kappa shape index (κ1) is 16.4. The molecule has 0 radical (unpaired) electrons. The molecule has 1 atom stereocenters.